The number of aromatic amines is 1. The van der Waals surface area contributed by atoms with Gasteiger partial charge in [0.15, 0.2) is 17.3 Å². The van der Waals surface area contributed by atoms with Gasteiger partial charge in [0.05, 0.1) is 30.7 Å². The number of hydrogen-bond donors (Lipinski definition) is 3. The zero-order valence-electron chi connectivity index (χ0n) is 18.4. The summed E-state index contributed by atoms with van der Waals surface area (Å²) in [5, 5.41) is 3.21. The standard InChI is InChI=1S/C23H21FN8O2/c1-3-16(29-21-19-20(26-11-25-19)27-12-28-21)22-30-17-9-5-8-15(24)18(17)23(33)32(22)31-13-6-4-7-14(10-13)34-2/h4-12,16,31H,3H2,1-2H3,(H2,25,26,27,28,29)/t16-/m0/s1. The maximum absolute atomic E-state index is 14.6. The van der Waals surface area contributed by atoms with Crippen LogP contribution in [0, 0.1) is 5.82 Å². The van der Waals surface area contributed by atoms with Crippen molar-refractivity contribution in [3.05, 3.63) is 77.1 Å². The third kappa shape index (κ3) is 3.76. The van der Waals surface area contributed by atoms with Gasteiger partial charge in [0.1, 0.15) is 28.8 Å². The summed E-state index contributed by atoms with van der Waals surface area (Å²) in [6.45, 7) is 1.94. The first kappa shape index (κ1) is 21.3. The molecule has 0 spiro atoms. The van der Waals surface area contributed by atoms with E-state index in [1.807, 2.05) is 6.92 Å². The summed E-state index contributed by atoms with van der Waals surface area (Å²) in [7, 11) is 1.55. The Bertz CT molecular complexity index is 1550. The van der Waals surface area contributed by atoms with Crippen molar-refractivity contribution in [1.82, 2.24) is 29.6 Å². The highest BCUT2D eigenvalue weighted by molar-refractivity contribution is 5.82. The molecule has 0 aliphatic rings. The third-order valence-corrected chi connectivity index (χ3v) is 5.43. The first-order chi connectivity index (χ1) is 16.6. The van der Waals surface area contributed by atoms with Crippen LogP contribution in [0.1, 0.15) is 25.2 Å². The summed E-state index contributed by atoms with van der Waals surface area (Å²) in [6.07, 6.45) is 3.49. The molecule has 10 nitrogen and oxygen atoms in total. The summed E-state index contributed by atoms with van der Waals surface area (Å²) >= 11 is 0. The fourth-order valence-electron chi connectivity index (χ4n) is 3.75. The van der Waals surface area contributed by atoms with Gasteiger partial charge in [-0.25, -0.2) is 29.0 Å². The molecule has 172 valence electrons. The van der Waals surface area contributed by atoms with Gasteiger partial charge in [0, 0.05) is 6.07 Å². The summed E-state index contributed by atoms with van der Waals surface area (Å²) in [6, 6.07) is 11.0. The smallest absolute Gasteiger partial charge is 0.283 e. The first-order valence-corrected chi connectivity index (χ1v) is 10.6. The molecule has 0 amide bonds. The molecule has 0 aliphatic carbocycles. The number of fused-ring (bicyclic) bond motifs is 2. The molecule has 0 saturated carbocycles. The van der Waals surface area contributed by atoms with E-state index in [2.05, 4.69) is 35.7 Å². The summed E-state index contributed by atoms with van der Waals surface area (Å²) < 4.78 is 21.2. The van der Waals surface area contributed by atoms with Gasteiger partial charge in [0.2, 0.25) is 0 Å². The van der Waals surface area contributed by atoms with E-state index < -0.39 is 17.4 Å². The zero-order valence-corrected chi connectivity index (χ0v) is 18.4. The number of rotatable bonds is 7. The Kier molecular flexibility index (Phi) is 5.50. The van der Waals surface area contributed by atoms with Gasteiger partial charge in [-0.2, -0.15) is 0 Å². The molecule has 5 rings (SSSR count). The number of benzene rings is 2. The van der Waals surface area contributed by atoms with Crippen molar-refractivity contribution in [3.8, 4) is 5.75 Å². The van der Waals surface area contributed by atoms with E-state index in [0.29, 0.717) is 40.7 Å². The lowest BCUT2D eigenvalue weighted by molar-refractivity contribution is 0.415. The molecule has 11 heteroatoms. The molecule has 1 atom stereocenters. The lowest BCUT2D eigenvalue weighted by atomic mass is 10.1. The van der Waals surface area contributed by atoms with Gasteiger partial charge < -0.3 is 15.0 Å². The average molecular weight is 460 g/mol. The van der Waals surface area contributed by atoms with Crippen LogP contribution in [0.5, 0.6) is 5.75 Å². The lowest BCUT2D eigenvalue weighted by Gasteiger charge is -2.23. The molecule has 0 radical (unpaired) electrons. The average Bonchev–Trinajstić information content (AvgIpc) is 3.34. The predicted molar refractivity (Wildman–Crippen MR) is 126 cm³/mol. The molecule has 0 bridgehead atoms. The Morgan fingerprint density at radius 2 is 2.03 bits per heavy atom. The Morgan fingerprint density at radius 3 is 2.85 bits per heavy atom. The number of aromatic nitrogens is 6. The first-order valence-electron chi connectivity index (χ1n) is 10.6. The summed E-state index contributed by atoms with van der Waals surface area (Å²) in [5.74, 6) is 0.805. The predicted octanol–water partition coefficient (Wildman–Crippen LogP) is 3.65. The molecule has 3 aromatic heterocycles. The van der Waals surface area contributed by atoms with E-state index in [1.165, 1.54) is 29.5 Å². The highest BCUT2D eigenvalue weighted by Gasteiger charge is 2.22. The van der Waals surface area contributed by atoms with E-state index in [-0.39, 0.29) is 10.9 Å². The number of H-pyrrole nitrogens is 1. The van der Waals surface area contributed by atoms with E-state index in [9.17, 15) is 9.18 Å². The topological polar surface area (TPSA) is 123 Å². The van der Waals surface area contributed by atoms with Crippen molar-refractivity contribution in [1.29, 1.82) is 0 Å². The van der Waals surface area contributed by atoms with Crippen molar-refractivity contribution >= 4 is 33.6 Å². The summed E-state index contributed by atoms with van der Waals surface area (Å²) in [5.41, 5.74) is 4.48. The largest absolute Gasteiger partial charge is 0.497 e. The van der Waals surface area contributed by atoms with Crippen LogP contribution < -0.4 is 21.0 Å². The second-order valence-corrected chi connectivity index (χ2v) is 7.52. The van der Waals surface area contributed by atoms with E-state index >= 15 is 0 Å². The second kappa shape index (κ2) is 8.77. The van der Waals surface area contributed by atoms with Crippen LogP contribution in [0.25, 0.3) is 22.1 Å². The minimum Gasteiger partial charge on any atom is -0.497 e. The quantitative estimate of drug-likeness (QED) is 0.336. The second-order valence-electron chi connectivity index (χ2n) is 7.52. The molecule has 0 unspecified atom stereocenters. The molecule has 34 heavy (non-hydrogen) atoms. The van der Waals surface area contributed by atoms with Crippen molar-refractivity contribution in [2.24, 2.45) is 0 Å². The fourth-order valence-corrected chi connectivity index (χ4v) is 3.75. The Balaban J connectivity index is 1.66. The van der Waals surface area contributed by atoms with Gasteiger partial charge >= 0.3 is 0 Å². The SMILES string of the molecule is CC[C@H](Nc1ncnc2[nH]cnc12)c1nc2cccc(F)c2c(=O)n1Nc1cccc(OC)c1. The molecule has 0 aliphatic heterocycles. The van der Waals surface area contributed by atoms with Crippen molar-refractivity contribution < 1.29 is 9.13 Å². The van der Waals surface area contributed by atoms with Crippen LogP contribution in [0.15, 0.2) is 59.9 Å². The highest BCUT2D eigenvalue weighted by atomic mass is 19.1. The lowest BCUT2D eigenvalue weighted by Crippen LogP contribution is -2.34. The Hall–Kier alpha value is -4.54. The normalized spacial score (nSPS) is 12.1. The minimum absolute atomic E-state index is 0.103. The van der Waals surface area contributed by atoms with E-state index in [4.69, 9.17) is 4.74 Å². The molecule has 0 saturated heterocycles. The van der Waals surface area contributed by atoms with Gasteiger partial charge in [-0.1, -0.05) is 19.1 Å². The Morgan fingerprint density at radius 1 is 1.18 bits per heavy atom. The van der Waals surface area contributed by atoms with E-state index in [0.717, 1.165) is 0 Å². The highest BCUT2D eigenvalue weighted by Crippen LogP contribution is 2.25. The van der Waals surface area contributed by atoms with Crippen molar-refractivity contribution in [3.63, 3.8) is 0 Å². The molecule has 3 heterocycles. The number of anilines is 2. The minimum atomic E-state index is -0.641. The maximum Gasteiger partial charge on any atom is 0.283 e. The van der Waals surface area contributed by atoms with Gasteiger partial charge in [-0.05, 0) is 30.7 Å². The number of nitrogens with one attached hydrogen (secondary N) is 3. The zero-order chi connectivity index (χ0) is 23.7. The molecular formula is C23H21FN8O2. The monoisotopic (exact) mass is 460 g/mol. The molecular weight excluding hydrogens is 439 g/mol. The number of nitrogens with zero attached hydrogens (tertiary/aromatic N) is 5. The number of imidazole rings is 1. The van der Waals surface area contributed by atoms with Crippen LogP contribution >= 0.6 is 0 Å². The number of hydrogen-bond acceptors (Lipinski definition) is 8. The Labute approximate surface area is 192 Å². The van der Waals surface area contributed by atoms with Gasteiger partial charge in [-0.3, -0.25) is 10.2 Å². The van der Waals surface area contributed by atoms with Crippen LogP contribution in [-0.4, -0.2) is 36.7 Å². The molecule has 5 aromatic rings. The van der Waals surface area contributed by atoms with Gasteiger partial charge in [0.25, 0.3) is 5.56 Å². The van der Waals surface area contributed by atoms with Crippen LogP contribution in [0.2, 0.25) is 0 Å². The number of halogens is 1. The third-order valence-electron chi connectivity index (χ3n) is 5.43. The molecule has 3 N–H and O–H groups in total. The van der Waals surface area contributed by atoms with E-state index in [1.54, 1.807) is 37.4 Å². The van der Waals surface area contributed by atoms with Crippen LogP contribution in [0.3, 0.4) is 0 Å². The molecule has 2 aromatic carbocycles. The maximum atomic E-state index is 14.6. The number of ether oxygens (including phenoxy) is 1. The fraction of sp³-hybridized carbons (Fsp3) is 0.174. The number of methoxy groups -OCH3 is 1. The summed E-state index contributed by atoms with van der Waals surface area (Å²) in [4.78, 5) is 33.8. The van der Waals surface area contributed by atoms with Crippen LogP contribution in [0.4, 0.5) is 15.9 Å². The molecule has 0 fully saturated rings. The van der Waals surface area contributed by atoms with Crippen LogP contribution in [-0.2, 0) is 0 Å². The van der Waals surface area contributed by atoms with Crippen molar-refractivity contribution in [2.45, 2.75) is 19.4 Å². The van der Waals surface area contributed by atoms with Crippen molar-refractivity contribution in [2.75, 3.05) is 17.9 Å². The van der Waals surface area contributed by atoms with Gasteiger partial charge in [-0.15, -0.1) is 0 Å².